The maximum atomic E-state index is 5.33. The van der Waals surface area contributed by atoms with E-state index in [2.05, 4.69) is 5.32 Å². The van der Waals surface area contributed by atoms with Crippen LogP contribution in [0.25, 0.3) is 0 Å². The Kier molecular flexibility index (Phi) is 3.27. The second-order valence-corrected chi connectivity index (χ2v) is 3.99. The summed E-state index contributed by atoms with van der Waals surface area (Å²) in [5, 5.41) is 3.21. The number of nitrogens with zero attached hydrogens (tertiary/aromatic N) is 1. The van der Waals surface area contributed by atoms with Gasteiger partial charge in [-0.25, -0.2) is 4.57 Å². The highest BCUT2D eigenvalue weighted by atomic mass is 32.1. The molecule has 1 N–H and O–H groups in total. The van der Waals surface area contributed by atoms with Gasteiger partial charge in [-0.1, -0.05) is 42.5 Å². The molecule has 16 heavy (non-hydrogen) atoms. The Morgan fingerprint density at radius 3 is 2.56 bits per heavy atom. The monoisotopic (exact) mass is 229 g/mol. The van der Waals surface area contributed by atoms with Gasteiger partial charge in [-0.15, -0.1) is 0 Å². The van der Waals surface area contributed by atoms with Gasteiger partial charge in [0.05, 0.1) is 0 Å². The second kappa shape index (κ2) is 4.86. The van der Waals surface area contributed by atoms with Crippen molar-refractivity contribution >= 4 is 22.9 Å². The lowest BCUT2D eigenvalue weighted by atomic mass is 10.2. The van der Waals surface area contributed by atoms with Crippen molar-refractivity contribution in [2.24, 2.45) is 7.05 Å². The molecule has 0 unspecified atom stereocenters. The maximum absolute atomic E-state index is 5.33. The van der Waals surface area contributed by atoms with Crippen LogP contribution in [0, 0.1) is 0 Å². The molecule has 0 amide bonds. The van der Waals surface area contributed by atoms with Crippen molar-refractivity contribution in [3.8, 4) is 0 Å². The number of hydrogen-bond donors (Lipinski definition) is 1. The molecule has 0 aliphatic carbocycles. The molecule has 2 rings (SSSR count). The van der Waals surface area contributed by atoms with Crippen molar-refractivity contribution in [2.75, 3.05) is 5.32 Å². The molecular formula is C13H13N2S+. The van der Waals surface area contributed by atoms with Gasteiger partial charge < -0.3 is 5.32 Å². The Labute approximate surface area is 101 Å². The molecule has 0 aliphatic heterocycles. The lowest BCUT2D eigenvalue weighted by Gasteiger charge is -2.06. The van der Waals surface area contributed by atoms with Crippen molar-refractivity contribution in [1.29, 1.82) is 0 Å². The predicted octanol–water partition coefficient (Wildman–Crippen LogP) is 2.30. The van der Waals surface area contributed by atoms with E-state index in [0.717, 1.165) is 16.2 Å². The number of nitrogens with one attached hydrogen (secondary N) is 1. The van der Waals surface area contributed by atoms with Crippen LogP contribution < -0.4 is 9.88 Å². The Morgan fingerprint density at radius 1 is 1.12 bits per heavy atom. The molecule has 0 fully saturated rings. The lowest BCUT2D eigenvalue weighted by molar-refractivity contribution is -0.670. The molecule has 1 aromatic heterocycles. The van der Waals surface area contributed by atoms with Crippen LogP contribution in [0.1, 0.15) is 5.56 Å². The summed E-state index contributed by atoms with van der Waals surface area (Å²) in [6.45, 7) is 0. The highest BCUT2D eigenvalue weighted by Gasteiger charge is 2.02. The third-order valence-corrected chi connectivity index (χ3v) is 2.57. The van der Waals surface area contributed by atoms with E-state index in [4.69, 9.17) is 12.2 Å². The second-order valence-electron chi connectivity index (χ2n) is 3.58. The van der Waals surface area contributed by atoms with Gasteiger partial charge in [0, 0.05) is 11.6 Å². The van der Waals surface area contributed by atoms with Crippen LogP contribution in [0.2, 0.25) is 0 Å². The van der Waals surface area contributed by atoms with E-state index < -0.39 is 0 Å². The minimum absolute atomic E-state index is 0.742. The van der Waals surface area contributed by atoms with E-state index in [1.807, 2.05) is 66.5 Å². The van der Waals surface area contributed by atoms with Crippen LogP contribution in [0.3, 0.4) is 0 Å². The largest absolute Gasteiger partial charge is 0.341 e. The predicted molar refractivity (Wildman–Crippen MR) is 69.4 cm³/mol. The van der Waals surface area contributed by atoms with Gasteiger partial charge in [0.25, 0.3) is 0 Å². The van der Waals surface area contributed by atoms with Gasteiger partial charge in [0.2, 0.25) is 0 Å². The number of aryl methyl sites for hydroxylation is 1. The summed E-state index contributed by atoms with van der Waals surface area (Å²) in [5.74, 6) is 0. The summed E-state index contributed by atoms with van der Waals surface area (Å²) >= 11 is 5.33. The maximum Gasteiger partial charge on any atom is 0.192 e. The zero-order chi connectivity index (χ0) is 11.4. The number of aromatic nitrogens is 1. The first-order valence-electron chi connectivity index (χ1n) is 5.07. The number of hydrogen-bond acceptors (Lipinski definition) is 1. The van der Waals surface area contributed by atoms with Crippen LogP contribution in [-0.2, 0) is 7.05 Å². The number of rotatable bonds is 2. The third kappa shape index (κ3) is 2.64. The molecule has 2 nitrogen and oxygen atoms in total. The van der Waals surface area contributed by atoms with Crippen molar-refractivity contribution < 1.29 is 4.57 Å². The van der Waals surface area contributed by atoms with Gasteiger partial charge in [-0.2, -0.15) is 0 Å². The van der Waals surface area contributed by atoms with Crippen molar-refractivity contribution in [3.63, 3.8) is 0 Å². The molecule has 80 valence electrons. The molecule has 0 saturated heterocycles. The van der Waals surface area contributed by atoms with Crippen LogP contribution >= 0.6 is 12.2 Å². The first-order valence-corrected chi connectivity index (χ1v) is 5.48. The van der Waals surface area contributed by atoms with Gasteiger partial charge in [-0.05, 0) is 6.07 Å². The van der Waals surface area contributed by atoms with E-state index in [1.54, 1.807) is 0 Å². The summed E-state index contributed by atoms with van der Waals surface area (Å²) in [6.07, 6.45) is 3.98. The lowest BCUT2D eigenvalue weighted by Crippen LogP contribution is -2.27. The van der Waals surface area contributed by atoms with E-state index in [1.165, 1.54) is 0 Å². The van der Waals surface area contributed by atoms with Crippen molar-refractivity contribution in [3.05, 3.63) is 60.4 Å². The highest BCUT2D eigenvalue weighted by molar-refractivity contribution is 7.81. The molecule has 0 radical (unpaired) electrons. The van der Waals surface area contributed by atoms with E-state index in [0.29, 0.717) is 0 Å². The van der Waals surface area contributed by atoms with Crippen LogP contribution in [0.15, 0.2) is 54.9 Å². The summed E-state index contributed by atoms with van der Waals surface area (Å²) in [6, 6.07) is 13.9. The molecule has 0 atom stereocenters. The average Bonchev–Trinajstić information content (AvgIpc) is 2.30. The molecular weight excluding hydrogens is 216 g/mol. The van der Waals surface area contributed by atoms with Gasteiger partial charge >= 0.3 is 0 Å². The normalized spacial score (nSPS) is 9.81. The van der Waals surface area contributed by atoms with Gasteiger partial charge in [0.15, 0.2) is 12.4 Å². The summed E-state index contributed by atoms with van der Waals surface area (Å²) in [7, 11) is 1.98. The average molecular weight is 229 g/mol. The quantitative estimate of drug-likeness (QED) is 0.628. The van der Waals surface area contributed by atoms with Gasteiger partial charge in [-0.3, -0.25) is 0 Å². The fourth-order valence-corrected chi connectivity index (χ4v) is 1.71. The van der Waals surface area contributed by atoms with Crippen LogP contribution in [0.4, 0.5) is 5.69 Å². The standard InChI is InChI=1S/C13H12N2S/c1-15-9-5-8-12(10-15)14-13(16)11-6-3-2-4-7-11/h2-10H,1H3/p+1. The topological polar surface area (TPSA) is 15.9 Å². The Bertz CT molecular complexity index is 494. The summed E-state index contributed by atoms with van der Waals surface area (Å²) in [5.41, 5.74) is 2.03. The molecule has 1 aromatic carbocycles. The Morgan fingerprint density at radius 2 is 1.88 bits per heavy atom. The molecule has 3 heteroatoms. The van der Waals surface area contributed by atoms with E-state index in [9.17, 15) is 0 Å². The number of pyridine rings is 1. The molecule has 0 spiro atoms. The number of benzene rings is 1. The Hall–Kier alpha value is -1.74. The van der Waals surface area contributed by atoms with E-state index in [-0.39, 0.29) is 0 Å². The Balaban J connectivity index is 2.14. The zero-order valence-corrected chi connectivity index (χ0v) is 9.87. The molecule has 1 heterocycles. The number of anilines is 1. The minimum atomic E-state index is 0.742. The minimum Gasteiger partial charge on any atom is -0.341 e. The fourth-order valence-electron chi connectivity index (χ4n) is 1.45. The number of thiocarbonyl (C=S) groups is 1. The van der Waals surface area contributed by atoms with Crippen LogP contribution in [-0.4, -0.2) is 4.99 Å². The highest BCUT2D eigenvalue weighted by Crippen LogP contribution is 2.07. The first kappa shape index (κ1) is 10.8. The van der Waals surface area contributed by atoms with Crippen molar-refractivity contribution in [2.45, 2.75) is 0 Å². The molecule has 0 aliphatic rings. The van der Waals surface area contributed by atoms with Gasteiger partial charge in [0.1, 0.15) is 17.7 Å². The van der Waals surface area contributed by atoms with Crippen molar-refractivity contribution in [1.82, 2.24) is 0 Å². The fraction of sp³-hybridized carbons (Fsp3) is 0.0769. The third-order valence-electron chi connectivity index (χ3n) is 2.23. The molecule has 0 bridgehead atoms. The van der Waals surface area contributed by atoms with Crippen LogP contribution in [0.5, 0.6) is 0 Å². The summed E-state index contributed by atoms with van der Waals surface area (Å²) < 4.78 is 1.98. The molecule has 0 saturated carbocycles. The SMILES string of the molecule is C[n+]1cccc(NC(=S)c2ccccc2)c1. The first-order chi connectivity index (χ1) is 7.75. The smallest absolute Gasteiger partial charge is 0.192 e. The summed E-state index contributed by atoms with van der Waals surface area (Å²) in [4.78, 5) is 0.742. The van der Waals surface area contributed by atoms with E-state index >= 15 is 0 Å². The molecule has 2 aromatic rings. The zero-order valence-electron chi connectivity index (χ0n) is 9.05.